The smallest absolute Gasteiger partial charge is 0.130 e. The molecule has 0 radical (unpaired) electrons. The molecule has 0 saturated carbocycles. The first-order chi connectivity index (χ1) is 9.69. The molecule has 2 rings (SSSR count). The molecule has 0 atom stereocenters. The topological polar surface area (TPSA) is 34.1 Å². The molecule has 3 nitrogen and oxygen atoms in total. The minimum Gasteiger partial charge on any atom is -0.487 e. The third-order valence-corrected chi connectivity index (χ3v) is 3.10. The predicted molar refractivity (Wildman–Crippen MR) is 81.9 cm³/mol. The maximum atomic E-state index is 5.93. The lowest BCUT2D eigenvalue weighted by Gasteiger charge is -2.12. The highest BCUT2D eigenvalue weighted by molar-refractivity contribution is 5.37. The van der Waals surface area contributed by atoms with Gasteiger partial charge in [0, 0.05) is 17.8 Å². The molecule has 1 N–H and O–H groups in total. The summed E-state index contributed by atoms with van der Waals surface area (Å²) in [6.45, 7) is 8.48. The van der Waals surface area contributed by atoms with Gasteiger partial charge in [0.2, 0.25) is 0 Å². The molecular weight excluding hydrogens is 248 g/mol. The van der Waals surface area contributed by atoms with Crippen LogP contribution in [0, 0.1) is 13.8 Å². The van der Waals surface area contributed by atoms with Gasteiger partial charge in [-0.15, -0.1) is 0 Å². The third-order valence-electron chi connectivity index (χ3n) is 3.10. The van der Waals surface area contributed by atoms with Gasteiger partial charge in [-0.25, -0.2) is 0 Å². The Kier molecular flexibility index (Phi) is 5.13. The second-order valence-electron chi connectivity index (χ2n) is 4.95. The Morgan fingerprint density at radius 1 is 1.15 bits per heavy atom. The molecule has 20 heavy (non-hydrogen) atoms. The third kappa shape index (κ3) is 4.07. The van der Waals surface area contributed by atoms with Gasteiger partial charge in [0.1, 0.15) is 12.4 Å². The Morgan fingerprint density at radius 2 is 2.00 bits per heavy atom. The maximum Gasteiger partial charge on any atom is 0.130 e. The fraction of sp³-hybridized carbons (Fsp3) is 0.353. The van der Waals surface area contributed by atoms with Crippen LogP contribution in [0.3, 0.4) is 0 Å². The van der Waals surface area contributed by atoms with E-state index in [1.807, 2.05) is 31.2 Å². The quantitative estimate of drug-likeness (QED) is 0.873. The van der Waals surface area contributed by atoms with Crippen LogP contribution in [0.2, 0.25) is 0 Å². The van der Waals surface area contributed by atoms with E-state index in [0.29, 0.717) is 6.61 Å². The Balaban J connectivity index is 2.08. The lowest BCUT2D eigenvalue weighted by molar-refractivity contribution is 0.297. The van der Waals surface area contributed by atoms with Crippen molar-refractivity contribution in [2.75, 3.05) is 6.54 Å². The summed E-state index contributed by atoms with van der Waals surface area (Å²) in [4.78, 5) is 4.46. The van der Waals surface area contributed by atoms with Crippen molar-refractivity contribution in [3.63, 3.8) is 0 Å². The lowest BCUT2D eigenvalue weighted by Crippen LogP contribution is -2.13. The van der Waals surface area contributed by atoms with Crippen LogP contribution in [0.1, 0.15) is 29.4 Å². The average Bonchev–Trinajstić information content (AvgIpc) is 2.44. The Labute approximate surface area is 121 Å². The normalized spacial score (nSPS) is 10.6. The molecular formula is C17H22N2O. The van der Waals surface area contributed by atoms with Crippen molar-refractivity contribution in [3.05, 3.63) is 58.9 Å². The molecule has 1 aromatic carbocycles. The molecule has 0 unspecified atom stereocenters. The first kappa shape index (κ1) is 14.5. The van der Waals surface area contributed by atoms with Gasteiger partial charge in [0.25, 0.3) is 0 Å². The molecule has 0 aliphatic carbocycles. The number of pyridine rings is 1. The van der Waals surface area contributed by atoms with Crippen LogP contribution in [0.15, 0.2) is 36.4 Å². The van der Waals surface area contributed by atoms with Gasteiger partial charge < -0.3 is 10.1 Å². The highest BCUT2D eigenvalue weighted by Gasteiger charge is 2.05. The van der Waals surface area contributed by atoms with E-state index < -0.39 is 0 Å². The van der Waals surface area contributed by atoms with Gasteiger partial charge in [-0.2, -0.15) is 0 Å². The van der Waals surface area contributed by atoms with Crippen LogP contribution >= 0.6 is 0 Å². The van der Waals surface area contributed by atoms with E-state index in [9.17, 15) is 0 Å². The van der Waals surface area contributed by atoms with Crippen molar-refractivity contribution in [1.29, 1.82) is 0 Å². The number of benzene rings is 1. The van der Waals surface area contributed by atoms with E-state index in [-0.39, 0.29) is 0 Å². The first-order valence-electron chi connectivity index (χ1n) is 7.04. The van der Waals surface area contributed by atoms with Gasteiger partial charge in [0.15, 0.2) is 0 Å². The summed E-state index contributed by atoms with van der Waals surface area (Å²) in [6.07, 6.45) is 0. The van der Waals surface area contributed by atoms with Crippen molar-refractivity contribution < 1.29 is 4.74 Å². The SMILES string of the molecule is CCNCc1cc(C)ccc1OCc1cccc(C)n1. The number of ether oxygens (including phenoxy) is 1. The van der Waals surface area contributed by atoms with E-state index >= 15 is 0 Å². The van der Waals surface area contributed by atoms with Crippen molar-refractivity contribution in [1.82, 2.24) is 10.3 Å². The van der Waals surface area contributed by atoms with Gasteiger partial charge in [0.05, 0.1) is 5.69 Å². The van der Waals surface area contributed by atoms with Crippen LogP contribution in [-0.2, 0) is 13.2 Å². The Bertz CT molecular complexity index is 567. The van der Waals surface area contributed by atoms with Gasteiger partial charge in [-0.3, -0.25) is 4.98 Å². The monoisotopic (exact) mass is 270 g/mol. The number of aromatic nitrogens is 1. The van der Waals surface area contributed by atoms with Crippen LogP contribution in [0.5, 0.6) is 5.75 Å². The summed E-state index contributed by atoms with van der Waals surface area (Å²) in [5.74, 6) is 0.930. The molecule has 106 valence electrons. The highest BCUT2D eigenvalue weighted by atomic mass is 16.5. The zero-order chi connectivity index (χ0) is 14.4. The van der Waals surface area contributed by atoms with E-state index in [2.05, 4.69) is 36.3 Å². The Hall–Kier alpha value is -1.87. The van der Waals surface area contributed by atoms with Crippen LogP contribution in [0.25, 0.3) is 0 Å². The molecule has 1 aromatic heterocycles. The van der Waals surface area contributed by atoms with Crippen LogP contribution in [-0.4, -0.2) is 11.5 Å². The average molecular weight is 270 g/mol. The molecule has 0 aliphatic heterocycles. The van der Waals surface area contributed by atoms with Gasteiger partial charge in [-0.05, 0) is 38.6 Å². The largest absolute Gasteiger partial charge is 0.487 e. The Morgan fingerprint density at radius 3 is 2.75 bits per heavy atom. The number of hydrogen-bond acceptors (Lipinski definition) is 3. The minimum absolute atomic E-state index is 0.504. The maximum absolute atomic E-state index is 5.93. The van der Waals surface area contributed by atoms with Crippen LogP contribution in [0.4, 0.5) is 0 Å². The fourth-order valence-electron chi connectivity index (χ4n) is 2.08. The summed E-state index contributed by atoms with van der Waals surface area (Å²) < 4.78 is 5.93. The molecule has 0 saturated heterocycles. The molecule has 0 amide bonds. The molecule has 0 spiro atoms. The number of hydrogen-bond donors (Lipinski definition) is 1. The number of nitrogens with one attached hydrogen (secondary N) is 1. The molecule has 0 aliphatic rings. The standard InChI is InChI=1S/C17H22N2O/c1-4-18-11-15-10-13(2)8-9-17(15)20-12-16-7-5-6-14(3)19-16/h5-10,18H,4,11-12H2,1-3H3. The number of aryl methyl sites for hydroxylation is 2. The predicted octanol–water partition coefficient (Wildman–Crippen LogP) is 3.39. The summed E-state index contributed by atoms with van der Waals surface area (Å²) in [5.41, 5.74) is 4.42. The summed E-state index contributed by atoms with van der Waals surface area (Å²) in [6, 6.07) is 12.3. The van der Waals surface area contributed by atoms with Crippen molar-refractivity contribution in [2.45, 2.75) is 33.9 Å². The van der Waals surface area contributed by atoms with E-state index in [4.69, 9.17) is 4.74 Å². The van der Waals surface area contributed by atoms with Gasteiger partial charge in [-0.1, -0.05) is 30.7 Å². The molecule has 2 aromatic rings. The molecule has 0 fully saturated rings. The van der Waals surface area contributed by atoms with Crippen LogP contribution < -0.4 is 10.1 Å². The molecule has 3 heteroatoms. The highest BCUT2D eigenvalue weighted by Crippen LogP contribution is 2.21. The summed E-state index contributed by atoms with van der Waals surface area (Å²) in [7, 11) is 0. The second-order valence-corrected chi connectivity index (χ2v) is 4.95. The second kappa shape index (κ2) is 7.06. The number of rotatable bonds is 6. The zero-order valence-electron chi connectivity index (χ0n) is 12.4. The van der Waals surface area contributed by atoms with Gasteiger partial charge >= 0.3 is 0 Å². The van der Waals surface area contributed by atoms with Crippen molar-refractivity contribution in [2.24, 2.45) is 0 Å². The number of nitrogens with zero attached hydrogens (tertiary/aromatic N) is 1. The lowest BCUT2D eigenvalue weighted by atomic mass is 10.1. The molecule has 0 bridgehead atoms. The summed E-state index contributed by atoms with van der Waals surface area (Å²) >= 11 is 0. The van der Waals surface area contributed by atoms with E-state index in [1.54, 1.807) is 0 Å². The summed E-state index contributed by atoms with van der Waals surface area (Å²) in [5, 5.41) is 3.34. The van der Waals surface area contributed by atoms with E-state index in [1.165, 1.54) is 11.1 Å². The zero-order valence-corrected chi connectivity index (χ0v) is 12.4. The van der Waals surface area contributed by atoms with E-state index in [0.717, 1.165) is 30.2 Å². The minimum atomic E-state index is 0.504. The fourth-order valence-corrected chi connectivity index (χ4v) is 2.08. The first-order valence-corrected chi connectivity index (χ1v) is 7.04. The van der Waals surface area contributed by atoms with Crippen molar-refractivity contribution >= 4 is 0 Å². The van der Waals surface area contributed by atoms with Crippen molar-refractivity contribution in [3.8, 4) is 5.75 Å². The molecule has 1 heterocycles.